The summed E-state index contributed by atoms with van der Waals surface area (Å²) in [5.74, 6) is -0.617. The van der Waals surface area contributed by atoms with E-state index >= 15 is 0 Å². The molecule has 1 amide bonds. The van der Waals surface area contributed by atoms with Crippen molar-refractivity contribution in [1.82, 2.24) is 0 Å². The summed E-state index contributed by atoms with van der Waals surface area (Å²) in [5, 5.41) is 2.85. The van der Waals surface area contributed by atoms with Crippen molar-refractivity contribution < 1.29 is 28.6 Å². The Morgan fingerprint density at radius 3 is 2.17 bits per heavy atom. The van der Waals surface area contributed by atoms with E-state index in [1.165, 1.54) is 43.5 Å². The van der Waals surface area contributed by atoms with Crippen molar-refractivity contribution in [1.29, 1.82) is 0 Å². The predicted molar refractivity (Wildman–Crippen MR) is 109 cm³/mol. The number of carbonyl (C=O) groups is 3. The Kier molecular flexibility index (Phi) is 7.23. The number of esters is 1. The predicted octanol–water partition coefficient (Wildman–Crippen LogP) is 4.74. The third kappa shape index (κ3) is 6.80. The monoisotopic (exact) mass is 419 g/mol. The third-order valence-corrected chi connectivity index (χ3v) is 3.87. The van der Waals surface area contributed by atoms with E-state index in [9.17, 15) is 14.4 Å². The third-order valence-electron chi connectivity index (χ3n) is 3.57. The topological polar surface area (TPSA) is 90.9 Å². The maximum atomic E-state index is 12.2. The van der Waals surface area contributed by atoms with Gasteiger partial charge in [0.1, 0.15) is 11.4 Å². The van der Waals surface area contributed by atoms with Gasteiger partial charge >= 0.3 is 12.1 Å². The van der Waals surface area contributed by atoms with Crippen LogP contribution in [0.25, 0.3) is 0 Å². The highest BCUT2D eigenvalue weighted by molar-refractivity contribution is 6.32. The van der Waals surface area contributed by atoms with E-state index in [1.54, 1.807) is 26.8 Å². The summed E-state index contributed by atoms with van der Waals surface area (Å²) in [6.45, 7) is 4.84. The van der Waals surface area contributed by atoms with Crippen LogP contribution in [0, 0.1) is 0 Å². The molecule has 29 heavy (non-hydrogen) atoms. The summed E-state index contributed by atoms with van der Waals surface area (Å²) in [6.07, 6.45) is -0.600. The van der Waals surface area contributed by atoms with Crippen LogP contribution in [-0.4, -0.2) is 37.2 Å². The summed E-state index contributed by atoms with van der Waals surface area (Å²) >= 11 is 5.99. The zero-order chi connectivity index (χ0) is 21.6. The maximum Gasteiger partial charge on any atom is 0.412 e. The molecule has 2 aromatic rings. The number of hydrogen-bond donors (Lipinski definition) is 1. The van der Waals surface area contributed by atoms with E-state index in [4.69, 9.17) is 25.8 Å². The molecule has 0 fully saturated rings. The average Bonchev–Trinajstić information content (AvgIpc) is 2.64. The van der Waals surface area contributed by atoms with Gasteiger partial charge in [-0.25, -0.2) is 9.59 Å². The number of anilines is 1. The highest BCUT2D eigenvalue weighted by Gasteiger charge is 2.17. The Balaban J connectivity index is 1.91. The summed E-state index contributed by atoms with van der Waals surface area (Å²) in [7, 11) is 1.47. The van der Waals surface area contributed by atoms with Crippen molar-refractivity contribution in [3.63, 3.8) is 0 Å². The van der Waals surface area contributed by atoms with Gasteiger partial charge in [-0.2, -0.15) is 0 Å². The quantitative estimate of drug-likeness (QED) is 0.537. The molecule has 0 radical (unpaired) electrons. The fourth-order valence-electron chi connectivity index (χ4n) is 2.25. The summed E-state index contributed by atoms with van der Waals surface area (Å²) in [4.78, 5) is 36.1. The van der Waals surface area contributed by atoms with E-state index in [1.807, 2.05) is 0 Å². The van der Waals surface area contributed by atoms with Crippen LogP contribution < -0.4 is 10.1 Å². The Morgan fingerprint density at radius 2 is 1.62 bits per heavy atom. The van der Waals surface area contributed by atoms with Crippen LogP contribution >= 0.6 is 11.6 Å². The largest absolute Gasteiger partial charge is 0.495 e. The zero-order valence-corrected chi connectivity index (χ0v) is 17.3. The van der Waals surface area contributed by atoms with E-state index in [2.05, 4.69) is 5.32 Å². The Morgan fingerprint density at radius 1 is 1.00 bits per heavy atom. The number of nitrogens with one attached hydrogen (secondary N) is 1. The number of methoxy groups -OCH3 is 1. The maximum absolute atomic E-state index is 12.2. The number of ether oxygens (including phenoxy) is 3. The number of halogens is 1. The summed E-state index contributed by atoms with van der Waals surface area (Å²) in [5.41, 5.74) is 0.384. The normalized spacial score (nSPS) is 10.8. The van der Waals surface area contributed by atoms with Crippen molar-refractivity contribution in [3.05, 3.63) is 58.6 Å². The molecule has 0 saturated heterocycles. The van der Waals surface area contributed by atoms with Crippen molar-refractivity contribution >= 4 is 35.1 Å². The molecular weight excluding hydrogens is 398 g/mol. The first-order valence-electron chi connectivity index (χ1n) is 8.73. The second-order valence-electron chi connectivity index (χ2n) is 7.05. The molecule has 0 unspecified atom stereocenters. The number of hydrogen-bond acceptors (Lipinski definition) is 6. The smallest absolute Gasteiger partial charge is 0.412 e. The van der Waals surface area contributed by atoms with Gasteiger partial charge in [0, 0.05) is 11.3 Å². The SMILES string of the molecule is COc1ccc(C(=O)COC(=O)c2ccc(NC(=O)OC(C)(C)C)cc2)cc1Cl. The number of amides is 1. The first kappa shape index (κ1) is 22.2. The molecule has 154 valence electrons. The first-order chi connectivity index (χ1) is 13.6. The molecule has 0 aliphatic heterocycles. The van der Waals surface area contributed by atoms with Gasteiger partial charge in [-0.1, -0.05) is 11.6 Å². The number of carbonyl (C=O) groups excluding carboxylic acids is 3. The summed E-state index contributed by atoms with van der Waals surface area (Å²) in [6, 6.07) is 10.6. The Bertz CT molecular complexity index is 902. The highest BCUT2D eigenvalue weighted by atomic mass is 35.5. The molecule has 0 aromatic heterocycles. The minimum Gasteiger partial charge on any atom is -0.495 e. The second-order valence-corrected chi connectivity index (χ2v) is 7.46. The number of rotatable bonds is 6. The van der Waals surface area contributed by atoms with E-state index in [-0.39, 0.29) is 10.6 Å². The minimum absolute atomic E-state index is 0.236. The molecule has 0 saturated carbocycles. The molecular formula is C21H22ClNO6. The summed E-state index contributed by atoms with van der Waals surface area (Å²) < 4.78 is 15.2. The lowest BCUT2D eigenvalue weighted by atomic mass is 10.1. The van der Waals surface area contributed by atoms with Crippen molar-refractivity contribution in [2.24, 2.45) is 0 Å². The van der Waals surface area contributed by atoms with Crippen LogP contribution in [0.5, 0.6) is 5.75 Å². The van der Waals surface area contributed by atoms with E-state index in [0.717, 1.165) is 0 Å². The molecule has 0 aliphatic rings. The van der Waals surface area contributed by atoms with Crippen LogP contribution in [-0.2, 0) is 9.47 Å². The van der Waals surface area contributed by atoms with Crippen LogP contribution in [0.1, 0.15) is 41.5 Å². The Hall–Kier alpha value is -3.06. The fourth-order valence-corrected chi connectivity index (χ4v) is 2.51. The minimum atomic E-state index is -0.665. The zero-order valence-electron chi connectivity index (χ0n) is 16.6. The van der Waals surface area contributed by atoms with Gasteiger partial charge in [-0.05, 0) is 63.2 Å². The lowest BCUT2D eigenvalue weighted by molar-refractivity contribution is 0.0474. The van der Waals surface area contributed by atoms with Gasteiger partial charge in [0.15, 0.2) is 12.4 Å². The van der Waals surface area contributed by atoms with Gasteiger partial charge in [-0.15, -0.1) is 0 Å². The molecule has 1 N–H and O–H groups in total. The second kappa shape index (κ2) is 9.43. The number of benzene rings is 2. The average molecular weight is 420 g/mol. The van der Waals surface area contributed by atoms with Gasteiger partial charge < -0.3 is 14.2 Å². The fraction of sp³-hybridized carbons (Fsp3) is 0.286. The van der Waals surface area contributed by atoms with Crippen LogP contribution in [0.4, 0.5) is 10.5 Å². The molecule has 0 aliphatic carbocycles. The van der Waals surface area contributed by atoms with Crippen LogP contribution in [0.3, 0.4) is 0 Å². The number of Topliss-reactive ketones (excluding diaryl/α,β-unsaturated/α-hetero) is 1. The van der Waals surface area contributed by atoms with Crippen molar-refractivity contribution in [2.75, 3.05) is 19.0 Å². The van der Waals surface area contributed by atoms with Gasteiger partial charge in [-0.3, -0.25) is 10.1 Å². The molecule has 8 heteroatoms. The van der Waals surface area contributed by atoms with Crippen molar-refractivity contribution in [3.8, 4) is 5.75 Å². The molecule has 0 atom stereocenters. The molecule has 0 heterocycles. The first-order valence-corrected chi connectivity index (χ1v) is 9.11. The molecule has 0 bridgehead atoms. The van der Waals surface area contributed by atoms with E-state index in [0.29, 0.717) is 17.0 Å². The van der Waals surface area contributed by atoms with Crippen LogP contribution in [0.2, 0.25) is 5.02 Å². The van der Waals surface area contributed by atoms with E-state index < -0.39 is 30.1 Å². The highest BCUT2D eigenvalue weighted by Crippen LogP contribution is 2.25. The Labute approximate surface area is 173 Å². The van der Waals surface area contributed by atoms with Crippen LogP contribution in [0.15, 0.2) is 42.5 Å². The lowest BCUT2D eigenvalue weighted by Crippen LogP contribution is -2.27. The van der Waals surface area contributed by atoms with Gasteiger partial charge in [0.2, 0.25) is 0 Å². The van der Waals surface area contributed by atoms with Gasteiger partial charge in [0.25, 0.3) is 0 Å². The van der Waals surface area contributed by atoms with Gasteiger partial charge in [0.05, 0.1) is 17.7 Å². The molecule has 7 nitrogen and oxygen atoms in total. The molecule has 2 aromatic carbocycles. The number of ketones is 1. The molecule has 2 rings (SSSR count). The standard InChI is InChI=1S/C21H22ClNO6/c1-21(2,3)29-20(26)23-15-8-5-13(6-9-15)19(25)28-12-17(24)14-7-10-18(27-4)16(22)11-14/h5-11H,12H2,1-4H3,(H,23,26). The van der Waals surface area contributed by atoms with Crippen molar-refractivity contribution in [2.45, 2.75) is 26.4 Å². The lowest BCUT2D eigenvalue weighted by Gasteiger charge is -2.19. The molecule has 0 spiro atoms.